The van der Waals surface area contributed by atoms with Crippen LogP contribution in [0.15, 0.2) is 42.5 Å². The molecule has 96 valence electrons. The first kappa shape index (κ1) is 10.9. The summed E-state index contributed by atoms with van der Waals surface area (Å²) in [5.74, 6) is 0. The molecule has 2 aromatic rings. The highest BCUT2D eigenvalue weighted by molar-refractivity contribution is 5.63. The summed E-state index contributed by atoms with van der Waals surface area (Å²) in [6, 6.07) is 15.6. The predicted molar refractivity (Wildman–Crippen MR) is 79.6 cm³/mol. The Morgan fingerprint density at radius 1 is 0.895 bits per heavy atom. The molecule has 2 aromatic carbocycles. The number of hydrogen-bond acceptors (Lipinski definition) is 2. The molecule has 1 N–H and O–H groups in total. The molecule has 2 nitrogen and oxygen atoms in total. The third-order valence-electron chi connectivity index (χ3n) is 4.23. The molecule has 19 heavy (non-hydrogen) atoms. The zero-order valence-electron chi connectivity index (χ0n) is 11.0. The Labute approximate surface area is 114 Å². The third kappa shape index (κ3) is 1.88. The molecule has 2 aliphatic rings. The highest BCUT2D eigenvalue weighted by Gasteiger charge is 2.19. The molecule has 0 bridgehead atoms. The van der Waals surface area contributed by atoms with Gasteiger partial charge >= 0.3 is 0 Å². The zero-order valence-corrected chi connectivity index (χ0v) is 11.0. The van der Waals surface area contributed by atoms with Crippen molar-refractivity contribution < 1.29 is 0 Å². The Bertz CT molecular complexity index is 593. The van der Waals surface area contributed by atoms with E-state index in [1.807, 2.05) is 0 Å². The third-order valence-corrected chi connectivity index (χ3v) is 4.23. The largest absolute Gasteiger partial charge is 0.385 e. The van der Waals surface area contributed by atoms with Crippen LogP contribution in [-0.4, -0.2) is 6.54 Å². The van der Waals surface area contributed by atoms with Gasteiger partial charge in [-0.15, -0.1) is 0 Å². The Morgan fingerprint density at radius 3 is 2.47 bits per heavy atom. The monoisotopic (exact) mass is 250 g/mol. The molecule has 0 atom stereocenters. The van der Waals surface area contributed by atoms with E-state index in [-0.39, 0.29) is 0 Å². The van der Waals surface area contributed by atoms with Gasteiger partial charge in [0.15, 0.2) is 0 Å². The first-order valence-corrected chi connectivity index (χ1v) is 7.09. The summed E-state index contributed by atoms with van der Waals surface area (Å²) in [6.07, 6.45) is 2.45. The second-order valence-electron chi connectivity index (χ2n) is 5.50. The van der Waals surface area contributed by atoms with Crippen LogP contribution < -0.4 is 10.2 Å². The Morgan fingerprint density at radius 2 is 1.68 bits per heavy atom. The molecule has 0 aromatic heterocycles. The van der Waals surface area contributed by atoms with Crippen LogP contribution in [0.4, 0.5) is 11.4 Å². The van der Waals surface area contributed by atoms with E-state index in [0.29, 0.717) is 0 Å². The molecule has 0 unspecified atom stereocenters. The van der Waals surface area contributed by atoms with Crippen LogP contribution in [-0.2, 0) is 19.5 Å². The standard InChI is InChI=1S/C17H18N2/c1-2-5-15-12-19(11-14(15)4-1)16-7-8-17-13(10-16)6-3-9-18-17/h1-2,4-5,7-8,10,18H,3,6,9,11-12H2. The molecule has 0 saturated carbocycles. The van der Waals surface area contributed by atoms with Gasteiger partial charge in [-0.25, -0.2) is 0 Å². The Kier molecular flexibility index (Phi) is 2.47. The van der Waals surface area contributed by atoms with E-state index in [4.69, 9.17) is 0 Å². The van der Waals surface area contributed by atoms with Gasteiger partial charge in [-0.3, -0.25) is 0 Å². The number of nitrogens with one attached hydrogen (secondary N) is 1. The molecule has 0 aliphatic carbocycles. The quantitative estimate of drug-likeness (QED) is 0.832. The molecule has 0 saturated heterocycles. The summed E-state index contributed by atoms with van der Waals surface area (Å²) in [6.45, 7) is 3.20. The molecular formula is C17H18N2. The number of aryl methyl sites for hydroxylation is 1. The average molecular weight is 250 g/mol. The minimum atomic E-state index is 1.04. The van der Waals surface area contributed by atoms with Crippen molar-refractivity contribution in [2.24, 2.45) is 0 Å². The lowest BCUT2D eigenvalue weighted by atomic mass is 10.0. The van der Waals surface area contributed by atoms with Gasteiger partial charge in [0.25, 0.3) is 0 Å². The van der Waals surface area contributed by atoms with E-state index in [2.05, 4.69) is 52.7 Å². The fraction of sp³-hybridized carbons (Fsp3) is 0.294. The summed E-state index contributed by atoms with van der Waals surface area (Å²) in [5.41, 5.74) is 7.10. The number of nitrogens with zero attached hydrogens (tertiary/aromatic N) is 1. The topological polar surface area (TPSA) is 15.3 Å². The summed E-state index contributed by atoms with van der Waals surface area (Å²) in [4.78, 5) is 2.47. The van der Waals surface area contributed by atoms with Crippen molar-refractivity contribution in [3.05, 3.63) is 59.2 Å². The molecule has 0 fully saturated rings. The van der Waals surface area contributed by atoms with Crippen molar-refractivity contribution in [2.45, 2.75) is 25.9 Å². The molecule has 0 spiro atoms. The van der Waals surface area contributed by atoms with Gasteiger partial charge in [-0.05, 0) is 47.7 Å². The highest BCUT2D eigenvalue weighted by atomic mass is 15.1. The number of rotatable bonds is 1. The van der Waals surface area contributed by atoms with Crippen LogP contribution in [0.3, 0.4) is 0 Å². The molecule has 2 heterocycles. The van der Waals surface area contributed by atoms with Crippen LogP contribution in [0.1, 0.15) is 23.1 Å². The van der Waals surface area contributed by atoms with Crippen LogP contribution in [0.5, 0.6) is 0 Å². The molecular weight excluding hydrogens is 232 g/mol. The van der Waals surface area contributed by atoms with Gasteiger partial charge in [0.2, 0.25) is 0 Å². The molecule has 0 radical (unpaired) electrons. The minimum Gasteiger partial charge on any atom is -0.385 e. The second-order valence-corrected chi connectivity index (χ2v) is 5.50. The van der Waals surface area contributed by atoms with Crippen LogP contribution in [0, 0.1) is 0 Å². The SMILES string of the molecule is c1ccc2c(c1)CN(c1ccc3c(c1)CCCN3)C2. The van der Waals surface area contributed by atoms with Gasteiger partial charge < -0.3 is 10.2 Å². The minimum absolute atomic E-state index is 1.04. The van der Waals surface area contributed by atoms with Crippen molar-refractivity contribution >= 4 is 11.4 Å². The maximum absolute atomic E-state index is 3.48. The number of hydrogen-bond donors (Lipinski definition) is 1. The van der Waals surface area contributed by atoms with E-state index >= 15 is 0 Å². The lowest BCUT2D eigenvalue weighted by Gasteiger charge is -2.23. The Hall–Kier alpha value is -1.96. The van der Waals surface area contributed by atoms with Crippen molar-refractivity contribution in [3.8, 4) is 0 Å². The number of anilines is 2. The van der Waals surface area contributed by atoms with E-state index < -0.39 is 0 Å². The highest BCUT2D eigenvalue weighted by Crippen LogP contribution is 2.32. The fourth-order valence-electron chi connectivity index (χ4n) is 3.17. The first-order chi connectivity index (χ1) is 9.40. The van der Waals surface area contributed by atoms with Gasteiger partial charge in [0.05, 0.1) is 0 Å². The van der Waals surface area contributed by atoms with E-state index in [1.165, 1.54) is 40.9 Å². The van der Waals surface area contributed by atoms with E-state index in [1.54, 1.807) is 0 Å². The molecule has 0 amide bonds. The molecule has 4 rings (SSSR count). The lowest BCUT2D eigenvalue weighted by Crippen LogP contribution is -2.16. The second kappa shape index (κ2) is 4.30. The van der Waals surface area contributed by atoms with Crippen molar-refractivity contribution in [2.75, 3.05) is 16.8 Å². The normalized spacial score (nSPS) is 16.7. The van der Waals surface area contributed by atoms with Crippen molar-refractivity contribution in [1.29, 1.82) is 0 Å². The van der Waals surface area contributed by atoms with E-state index in [0.717, 1.165) is 19.6 Å². The lowest BCUT2D eigenvalue weighted by molar-refractivity contribution is 0.824. The summed E-state index contributed by atoms with van der Waals surface area (Å²) in [7, 11) is 0. The zero-order chi connectivity index (χ0) is 12.7. The van der Waals surface area contributed by atoms with Crippen LogP contribution in [0.25, 0.3) is 0 Å². The van der Waals surface area contributed by atoms with Gasteiger partial charge in [-0.2, -0.15) is 0 Å². The fourth-order valence-corrected chi connectivity index (χ4v) is 3.17. The average Bonchev–Trinajstić information content (AvgIpc) is 2.90. The maximum atomic E-state index is 3.48. The van der Waals surface area contributed by atoms with Crippen LogP contribution >= 0.6 is 0 Å². The van der Waals surface area contributed by atoms with Gasteiger partial charge in [0, 0.05) is 31.0 Å². The summed E-state index contributed by atoms with van der Waals surface area (Å²) < 4.78 is 0. The van der Waals surface area contributed by atoms with Crippen LogP contribution in [0.2, 0.25) is 0 Å². The van der Waals surface area contributed by atoms with Crippen molar-refractivity contribution in [1.82, 2.24) is 0 Å². The molecule has 2 aliphatic heterocycles. The number of benzene rings is 2. The maximum Gasteiger partial charge on any atom is 0.0436 e. The predicted octanol–water partition coefficient (Wildman–Crippen LogP) is 3.56. The Balaban J connectivity index is 1.64. The summed E-state index contributed by atoms with van der Waals surface area (Å²) >= 11 is 0. The van der Waals surface area contributed by atoms with Crippen molar-refractivity contribution in [3.63, 3.8) is 0 Å². The number of fused-ring (bicyclic) bond motifs is 2. The summed E-state index contributed by atoms with van der Waals surface area (Å²) in [5, 5.41) is 3.48. The smallest absolute Gasteiger partial charge is 0.0436 e. The molecule has 2 heteroatoms. The van der Waals surface area contributed by atoms with E-state index in [9.17, 15) is 0 Å². The van der Waals surface area contributed by atoms with Gasteiger partial charge in [0.1, 0.15) is 0 Å². The van der Waals surface area contributed by atoms with Gasteiger partial charge in [-0.1, -0.05) is 24.3 Å². The first-order valence-electron chi connectivity index (χ1n) is 7.09.